The molecular weight excluding hydrogens is 366 g/mol. The van der Waals surface area contributed by atoms with Crippen LogP contribution in [0.3, 0.4) is 0 Å². The molecule has 156 valence electrons. The van der Waals surface area contributed by atoms with E-state index in [1.54, 1.807) is 10.6 Å². The maximum Gasteiger partial charge on any atom is 0.352 e. The zero-order valence-electron chi connectivity index (χ0n) is 17.4. The lowest BCUT2D eigenvalue weighted by Gasteiger charge is -2.27. The molecule has 1 aromatic carbocycles. The van der Waals surface area contributed by atoms with Crippen LogP contribution < -0.4 is 0 Å². The molecule has 6 heteroatoms. The Morgan fingerprint density at radius 3 is 2.59 bits per heavy atom. The number of para-hydroxylation sites is 1. The molecule has 6 nitrogen and oxygen atoms in total. The van der Waals surface area contributed by atoms with Crippen LogP contribution in [0.15, 0.2) is 24.3 Å². The molecule has 2 aliphatic heterocycles. The van der Waals surface area contributed by atoms with Crippen molar-refractivity contribution in [3.63, 3.8) is 0 Å². The Hall–Kier alpha value is -2.34. The fourth-order valence-electron chi connectivity index (χ4n) is 5.21. The zero-order chi connectivity index (χ0) is 20.5. The summed E-state index contributed by atoms with van der Waals surface area (Å²) in [5.74, 6) is -0.0701. The van der Waals surface area contributed by atoms with Gasteiger partial charge in [-0.1, -0.05) is 18.2 Å². The Kier molecular flexibility index (Phi) is 5.63. The van der Waals surface area contributed by atoms with Crippen LogP contribution >= 0.6 is 0 Å². The van der Waals surface area contributed by atoms with Gasteiger partial charge >= 0.3 is 5.97 Å². The average Bonchev–Trinajstić information content (AvgIpc) is 3.18. The van der Waals surface area contributed by atoms with E-state index in [4.69, 9.17) is 0 Å². The number of likely N-dealkylation sites (N-methyl/N-ethyl adjacent to an activating group) is 1. The summed E-state index contributed by atoms with van der Waals surface area (Å²) in [6, 6.07) is 7.95. The minimum atomic E-state index is -0.893. The number of carbonyl (C=O) groups excluding carboxylic acids is 1. The lowest BCUT2D eigenvalue weighted by molar-refractivity contribution is -0.135. The minimum absolute atomic E-state index is 0.0677. The molecule has 0 aliphatic carbocycles. The van der Waals surface area contributed by atoms with Crippen LogP contribution in [0.25, 0.3) is 10.9 Å². The highest BCUT2D eigenvalue weighted by molar-refractivity contribution is 5.95. The summed E-state index contributed by atoms with van der Waals surface area (Å²) >= 11 is 0. The van der Waals surface area contributed by atoms with Crippen LogP contribution in [0.1, 0.15) is 48.2 Å². The SMILES string of the molecule is CN1CCC[C@H]1C(=O)N1CCCC(Cc2cccc3cc(C(=O)O)n(C)c23)CC1. The quantitative estimate of drug-likeness (QED) is 0.861. The third kappa shape index (κ3) is 3.90. The summed E-state index contributed by atoms with van der Waals surface area (Å²) < 4.78 is 1.80. The maximum absolute atomic E-state index is 12.9. The summed E-state index contributed by atoms with van der Waals surface area (Å²) in [6.45, 7) is 2.71. The molecule has 2 aromatic rings. The van der Waals surface area contributed by atoms with Crippen molar-refractivity contribution in [1.82, 2.24) is 14.4 Å². The standard InChI is InChI=1S/C23H31N3O3/c1-24-11-5-9-19(24)22(27)26-12-4-6-16(10-13-26)14-17-7-3-8-18-15-20(23(28)29)25(2)21(17)18/h3,7-8,15-16,19H,4-6,9-14H2,1-2H3,(H,28,29)/t16?,19-/m0/s1. The van der Waals surface area contributed by atoms with Crippen molar-refractivity contribution in [3.05, 3.63) is 35.5 Å². The number of aromatic carboxylic acids is 1. The smallest absolute Gasteiger partial charge is 0.352 e. The van der Waals surface area contributed by atoms with E-state index in [0.29, 0.717) is 17.5 Å². The summed E-state index contributed by atoms with van der Waals surface area (Å²) in [6.07, 6.45) is 6.18. The maximum atomic E-state index is 12.9. The van der Waals surface area contributed by atoms with E-state index in [9.17, 15) is 14.7 Å². The van der Waals surface area contributed by atoms with Gasteiger partial charge in [0.2, 0.25) is 5.91 Å². The van der Waals surface area contributed by atoms with E-state index in [-0.39, 0.29) is 6.04 Å². The first-order valence-corrected chi connectivity index (χ1v) is 10.8. The number of nitrogens with zero attached hydrogens (tertiary/aromatic N) is 3. The monoisotopic (exact) mass is 397 g/mol. The predicted octanol–water partition coefficient (Wildman–Crippen LogP) is 3.14. The summed E-state index contributed by atoms with van der Waals surface area (Å²) in [4.78, 5) is 28.7. The predicted molar refractivity (Wildman–Crippen MR) is 113 cm³/mol. The Labute approximate surface area is 172 Å². The van der Waals surface area contributed by atoms with E-state index in [1.165, 1.54) is 5.56 Å². The molecule has 0 saturated carbocycles. The Morgan fingerprint density at radius 2 is 1.86 bits per heavy atom. The van der Waals surface area contributed by atoms with Gasteiger partial charge in [-0.3, -0.25) is 9.69 Å². The molecule has 0 spiro atoms. The topological polar surface area (TPSA) is 65.8 Å². The van der Waals surface area contributed by atoms with Crippen LogP contribution in [0, 0.1) is 5.92 Å². The van der Waals surface area contributed by atoms with Crippen molar-refractivity contribution < 1.29 is 14.7 Å². The van der Waals surface area contributed by atoms with Crippen molar-refractivity contribution in [2.75, 3.05) is 26.7 Å². The number of hydrogen-bond donors (Lipinski definition) is 1. The largest absolute Gasteiger partial charge is 0.477 e. The van der Waals surface area contributed by atoms with Gasteiger partial charge in [0, 0.05) is 25.5 Å². The molecule has 2 fully saturated rings. The van der Waals surface area contributed by atoms with E-state index in [2.05, 4.69) is 22.9 Å². The number of hydrogen-bond acceptors (Lipinski definition) is 3. The Bertz CT molecular complexity index is 919. The number of likely N-dealkylation sites (tertiary alicyclic amines) is 2. The molecule has 0 bridgehead atoms. The van der Waals surface area contributed by atoms with E-state index in [0.717, 1.165) is 69.1 Å². The number of carbonyl (C=O) groups is 2. The second-order valence-electron chi connectivity index (χ2n) is 8.71. The van der Waals surface area contributed by atoms with Crippen molar-refractivity contribution in [1.29, 1.82) is 0 Å². The number of aromatic nitrogens is 1. The van der Waals surface area contributed by atoms with Crippen LogP contribution in [0.4, 0.5) is 0 Å². The van der Waals surface area contributed by atoms with E-state index in [1.807, 2.05) is 19.2 Å². The number of benzene rings is 1. The normalized spacial score (nSPS) is 23.4. The molecular formula is C23H31N3O3. The van der Waals surface area contributed by atoms with Gasteiger partial charge in [-0.05, 0) is 69.7 Å². The van der Waals surface area contributed by atoms with Crippen molar-refractivity contribution in [3.8, 4) is 0 Å². The van der Waals surface area contributed by atoms with Gasteiger partial charge in [0.1, 0.15) is 5.69 Å². The van der Waals surface area contributed by atoms with Gasteiger partial charge < -0.3 is 14.6 Å². The van der Waals surface area contributed by atoms with E-state index < -0.39 is 5.97 Å². The number of carboxylic acid groups (broad SMARTS) is 1. The highest BCUT2D eigenvalue weighted by Gasteiger charge is 2.32. The molecule has 1 unspecified atom stereocenters. The Balaban J connectivity index is 1.47. The van der Waals surface area contributed by atoms with Gasteiger partial charge in [-0.15, -0.1) is 0 Å². The van der Waals surface area contributed by atoms with Crippen LogP contribution in [-0.4, -0.2) is 64.1 Å². The number of carboxylic acids is 1. The molecule has 3 heterocycles. The first-order chi connectivity index (χ1) is 14.0. The molecule has 2 aliphatic rings. The van der Waals surface area contributed by atoms with Crippen LogP contribution in [-0.2, 0) is 18.3 Å². The molecule has 1 amide bonds. The molecule has 0 radical (unpaired) electrons. The first-order valence-electron chi connectivity index (χ1n) is 10.8. The summed E-state index contributed by atoms with van der Waals surface area (Å²) in [5, 5.41) is 10.4. The number of aryl methyl sites for hydroxylation is 1. The third-order valence-corrected chi connectivity index (χ3v) is 6.83. The third-order valence-electron chi connectivity index (χ3n) is 6.83. The summed E-state index contributed by atoms with van der Waals surface area (Å²) in [5.41, 5.74) is 2.55. The van der Waals surface area contributed by atoms with Gasteiger partial charge in [0.25, 0.3) is 0 Å². The first kappa shape index (κ1) is 20.0. The highest BCUT2D eigenvalue weighted by Crippen LogP contribution is 2.29. The molecule has 4 rings (SSSR count). The number of amides is 1. The van der Waals surface area contributed by atoms with Crippen molar-refractivity contribution in [2.24, 2.45) is 13.0 Å². The molecule has 1 N–H and O–H groups in total. The molecule has 1 aromatic heterocycles. The fourth-order valence-corrected chi connectivity index (χ4v) is 5.21. The van der Waals surface area contributed by atoms with Crippen molar-refractivity contribution >= 4 is 22.8 Å². The summed E-state index contributed by atoms with van der Waals surface area (Å²) in [7, 11) is 3.89. The molecule has 29 heavy (non-hydrogen) atoms. The highest BCUT2D eigenvalue weighted by atomic mass is 16.4. The minimum Gasteiger partial charge on any atom is -0.477 e. The second-order valence-corrected chi connectivity index (χ2v) is 8.71. The number of fused-ring (bicyclic) bond motifs is 1. The Morgan fingerprint density at radius 1 is 1.07 bits per heavy atom. The van der Waals surface area contributed by atoms with E-state index >= 15 is 0 Å². The molecule has 2 saturated heterocycles. The van der Waals surface area contributed by atoms with Crippen molar-refractivity contribution in [2.45, 2.75) is 44.6 Å². The molecule has 2 atom stereocenters. The van der Waals surface area contributed by atoms with Crippen LogP contribution in [0.5, 0.6) is 0 Å². The lowest BCUT2D eigenvalue weighted by Crippen LogP contribution is -2.44. The van der Waals surface area contributed by atoms with Gasteiger partial charge in [-0.25, -0.2) is 4.79 Å². The number of rotatable bonds is 4. The fraction of sp³-hybridized carbons (Fsp3) is 0.565. The van der Waals surface area contributed by atoms with Gasteiger partial charge in [-0.2, -0.15) is 0 Å². The van der Waals surface area contributed by atoms with Crippen LogP contribution in [0.2, 0.25) is 0 Å². The zero-order valence-corrected chi connectivity index (χ0v) is 17.4. The lowest BCUT2D eigenvalue weighted by atomic mass is 9.92. The second kappa shape index (κ2) is 8.19. The van der Waals surface area contributed by atoms with Gasteiger partial charge in [0.05, 0.1) is 11.6 Å². The average molecular weight is 398 g/mol. The van der Waals surface area contributed by atoms with Gasteiger partial charge in [0.15, 0.2) is 0 Å².